The minimum atomic E-state index is -0.614. The summed E-state index contributed by atoms with van der Waals surface area (Å²) in [6.45, 7) is 0. The topological polar surface area (TPSA) is 78.9 Å². The number of amides is 2. The first-order valence-corrected chi connectivity index (χ1v) is 4.24. The molecule has 4 nitrogen and oxygen atoms in total. The van der Waals surface area contributed by atoms with E-state index in [4.69, 9.17) is 11.0 Å². The summed E-state index contributed by atoms with van der Waals surface area (Å²) < 4.78 is 0. The average Bonchev–Trinajstić information content (AvgIpc) is 2.18. The highest BCUT2D eigenvalue weighted by Crippen LogP contribution is 2.09. The van der Waals surface area contributed by atoms with E-state index in [1.54, 1.807) is 24.3 Å². The molecule has 1 aromatic rings. The highest BCUT2D eigenvalue weighted by Gasteiger charge is 1.95. The second kappa shape index (κ2) is 5.31. The number of anilines is 1. The van der Waals surface area contributed by atoms with E-state index in [2.05, 4.69) is 17.2 Å². The van der Waals surface area contributed by atoms with Crippen molar-refractivity contribution in [3.05, 3.63) is 29.8 Å². The van der Waals surface area contributed by atoms with Crippen LogP contribution in [0.2, 0.25) is 0 Å². The molecule has 1 aromatic carbocycles. The Morgan fingerprint density at radius 1 is 1.53 bits per heavy atom. The van der Waals surface area contributed by atoms with Gasteiger partial charge in [0, 0.05) is 11.3 Å². The van der Waals surface area contributed by atoms with Gasteiger partial charge in [-0.15, -0.1) is 0 Å². The molecule has 0 saturated heterocycles. The molecule has 3 N–H and O–H groups in total. The van der Waals surface area contributed by atoms with Crippen LogP contribution in [0.25, 0.3) is 0 Å². The number of nitriles is 1. The number of carbonyl (C=O) groups is 1. The van der Waals surface area contributed by atoms with Crippen molar-refractivity contribution in [1.82, 2.24) is 0 Å². The Kier molecular flexibility index (Phi) is 3.76. The average molecular weight is 199 g/mol. The normalized spacial score (nSPS) is 8.20. The van der Waals surface area contributed by atoms with Crippen LogP contribution >= 0.6 is 0 Å². The molecule has 0 saturated carbocycles. The summed E-state index contributed by atoms with van der Waals surface area (Å²) in [6.07, 6.45) is 0.188. The van der Waals surface area contributed by atoms with E-state index in [9.17, 15) is 4.79 Å². The van der Waals surface area contributed by atoms with Crippen molar-refractivity contribution < 1.29 is 4.79 Å². The monoisotopic (exact) mass is 199 g/mol. The molecule has 15 heavy (non-hydrogen) atoms. The maximum absolute atomic E-state index is 10.6. The van der Waals surface area contributed by atoms with E-state index < -0.39 is 6.03 Å². The van der Waals surface area contributed by atoms with Gasteiger partial charge in [0.05, 0.1) is 12.5 Å². The molecule has 74 valence electrons. The number of benzene rings is 1. The van der Waals surface area contributed by atoms with Gasteiger partial charge in [-0.05, 0) is 18.2 Å². The summed E-state index contributed by atoms with van der Waals surface area (Å²) in [5, 5.41) is 10.7. The van der Waals surface area contributed by atoms with Gasteiger partial charge in [-0.25, -0.2) is 4.79 Å². The third kappa shape index (κ3) is 3.84. The molecule has 0 bridgehead atoms. The number of hydrogen-bond donors (Lipinski definition) is 2. The van der Waals surface area contributed by atoms with Crippen molar-refractivity contribution in [1.29, 1.82) is 5.26 Å². The van der Waals surface area contributed by atoms with Crippen molar-refractivity contribution in [2.75, 3.05) is 5.32 Å². The Bertz CT molecular complexity index is 463. The van der Waals surface area contributed by atoms with E-state index in [-0.39, 0.29) is 6.42 Å². The largest absolute Gasteiger partial charge is 0.351 e. The van der Waals surface area contributed by atoms with Crippen LogP contribution in [0.4, 0.5) is 10.5 Å². The molecule has 0 spiro atoms. The van der Waals surface area contributed by atoms with Crippen molar-refractivity contribution in [2.45, 2.75) is 6.42 Å². The van der Waals surface area contributed by atoms with E-state index in [1.807, 2.05) is 6.07 Å². The molecule has 0 unspecified atom stereocenters. The fourth-order valence-electron chi connectivity index (χ4n) is 1.00. The van der Waals surface area contributed by atoms with Gasteiger partial charge in [-0.3, -0.25) is 0 Å². The molecule has 0 heterocycles. The third-order valence-electron chi connectivity index (χ3n) is 1.53. The predicted octanol–water partition coefficient (Wildman–Crippen LogP) is 1.44. The number of nitrogens with two attached hydrogens (primary N) is 1. The lowest BCUT2D eigenvalue weighted by atomic mass is 10.2. The summed E-state index contributed by atoms with van der Waals surface area (Å²) >= 11 is 0. The van der Waals surface area contributed by atoms with Crippen LogP contribution in [0.1, 0.15) is 12.0 Å². The van der Waals surface area contributed by atoms with Crippen molar-refractivity contribution in [2.24, 2.45) is 5.73 Å². The van der Waals surface area contributed by atoms with Crippen LogP contribution in [-0.4, -0.2) is 6.03 Å². The standard InChI is InChI=1S/C11H9N3O/c12-7-2-1-4-9-5-3-6-10(8-9)14-11(13)15/h3,5-6,8H,2H2,(H3,13,14,15). The van der Waals surface area contributed by atoms with Gasteiger partial charge in [0.25, 0.3) is 0 Å². The highest BCUT2D eigenvalue weighted by atomic mass is 16.2. The van der Waals surface area contributed by atoms with E-state index in [0.717, 1.165) is 5.56 Å². The SMILES string of the molecule is N#CCC#Cc1cccc(NC(N)=O)c1. The van der Waals surface area contributed by atoms with Gasteiger partial charge in [0.2, 0.25) is 0 Å². The van der Waals surface area contributed by atoms with Crippen LogP contribution in [-0.2, 0) is 0 Å². The molecule has 0 fully saturated rings. The van der Waals surface area contributed by atoms with Gasteiger partial charge in [-0.1, -0.05) is 17.9 Å². The molecule has 0 aliphatic carbocycles. The van der Waals surface area contributed by atoms with Gasteiger partial charge < -0.3 is 11.1 Å². The molecule has 2 amide bonds. The smallest absolute Gasteiger partial charge is 0.316 e. The first-order valence-electron chi connectivity index (χ1n) is 4.24. The summed E-state index contributed by atoms with van der Waals surface area (Å²) in [7, 11) is 0. The Morgan fingerprint density at radius 3 is 3.00 bits per heavy atom. The first kappa shape index (κ1) is 10.6. The first-order chi connectivity index (χ1) is 7.22. The maximum Gasteiger partial charge on any atom is 0.316 e. The Balaban J connectivity index is 2.80. The van der Waals surface area contributed by atoms with Crippen molar-refractivity contribution in [3.8, 4) is 17.9 Å². The maximum atomic E-state index is 10.6. The second-order valence-electron chi connectivity index (χ2n) is 2.71. The Morgan fingerprint density at radius 2 is 2.33 bits per heavy atom. The number of rotatable bonds is 1. The molecule has 0 radical (unpaired) electrons. The molecular weight excluding hydrogens is 190 g/mol. The summed E-state index contributed by atoms with van der Waals surface area (Å²) in [5.41, 5.74) is 6.29. The summed E-state index contributed by atoms with van der Waals surface area (Å²) in [4.78, 5) is 10.6. The number of primary amides is 1. The van der Waals surface area contributed by atoms with Gasteiger partial charge in [-0.2, -0.15) is 5.26 Å². The lowest BCUT2D eigenvalue weighted by Gasteiger charge is -2.00. The molecule has 1 rings (SSSR count). The van der Waals surface area contributed by atoms with Crippen molar-refractivity contribution >= 4 is 11.7 Å². The van der Waals surface area contributed by atoms with Gasteiger partial charge >= 0.3 is 6.03 Å². The zero-order chi connectivity index (χ0) is 11.1. The lowest BCUT2D eigenvalue weighted by molar-refractivity contribution is 0.259. The zero-order valence-corrected chi connectivity index (χ0v) is 7.95. The van der Waals surface area contributed by atoms with E-state index in [0.29, 0.717) is 5.69 Å². The second-order valence-corrected chi connectivity index (χ2v) is 2.71. The fraction of sp³-hybridized carbons (Fsp3) is 0.0909. The number of nitrogens with one attached hydrogen (secondary N) is 1. The van der Waals surface area contributed by atoms with Crippen LogP contribution < -0.4 is 11.1 Å². The summed E-state index contributed by atoms with van der Waals surface area (Å²) in [6, 6.07) is 8.25. The van der Waals surface area contributed by atoms with Crippen molar-refractivity contribution in [3.63, 3.8) is 0 Å². The molecule has 0 aromatic heterocycles. The summed E-state index contributed by atoms with van der Waals surface area (Å²) in [5.74, 6) is 5.47. The quantitative estimate of drug-likeness (QED) is 0.671. The number of hydrogen-bond acceptors (Lipinski definition) is 2. The van der Waals surface area contributed by atoms with Crippen LogP contribution in [0.5, 0.6) is 0 Å². The lowest BCUT2D eigenvalue weighted by Crippen LogP contribution is -2.19. The predicted molar refractivity (Wildman–Crippen MR) is 56.8 cm³/mol. The van der Waals surface area contributed by atoms with Gasteiger partial charge in [0.15, 0.2) is 0 Å². The minimum Gasteiger partial charge on any atom is -0.351 e. The zero-order valence-electron chi connectivity index (χ0n) is 7.95. The molecule has 4 heteroatoms. The molecule has 0 aliphatic heterocycles. The number of urea groups is 1. The van der Waals surface area contributed by atoms with E-state index >= 15 is 0 Å². The van der Waals surface area contributed by atoms with E-state index in [1.165, 1.54) is 0 Å². The fourth-order valence-corrected chi connectivity index (χ4v) is 1.00. The Labute approximate surface area is 87.7 Å². The highest BCUT2D eigenvalue weighted by molar-refractivity contribution is 5.87. The molecular formula is C11H9N3O. The van der Waals surface area contributed by atoms with Crippen LogP contribution in [0, 0.1) is 23.2 Å². The van der Waals surface area contributed by atoms with Crippen LogP contribution in [0.3, 0.4) is 0 Å². The number of nitrogens with zero attached hydrogens (tertiary/aromatic N) is 1. The van der Waals surface area contributed by atoms with Gasteiger partial charge in [0.1, 0.15) is 0 Å². The third-order valence-corrected chi connectivity index (χ3v) is 1.53. The minimum absolute atomic E-state index is 0.188. The Hall–Kier alpha value is -2.46. The molecule has 0 atom stereocenters. The molecule has 0 aliphatic rings. The van der Waals surface area contributed by atoms with Crippen LogP contribution in [0.15, 0.2) is 24.3 Å². The number of carbonyl (C=O) groups excluding carboxylic acids is 1.